The van der Waals surface area contributed by atoms with Crippen LogP contribution in [0.25, 0.3) is 31.7 Å². The monoisotopic (exact) mass is 408 g/mol. The van der Waals surface area contributed by atoms with Crippen molar-refractivity contribution in [3.05, 3.63) is 82.0 Å². The maximum Gasteiger partial charge on any atom is 0.337 e. The molecule has 0 amide bonds. The second kappa shape index (κ2) is 8.05. The van der Waals surface area contributed by atoms with Gasteiger partial charge in [-0.1, -0.05) is 24.3 Å². The summed E-state index contributed by atoms with van der Waals surface area (Å²) in [5.41, 5.74) is 1.61. The highest BCUT2D eigenvalue weighted by molar-refractivity contribution is 7.26. The van der Waals surface area contributed by atoms with Crippen LogP contribution < -0.4 is 0 Å². The average molecular weight is 409 g/mol. The lowest BCUT2D eigenvalue weighted by Crippen LogP contribution is -2.00. The summed E-state index contributed by atoms with van der Waals surface area (Å²) >= 11 is 5.38. The molecule has 0 N–H and O–H groups in total. The maximum absolute atomic E-state index is 11.5. The van der Waals surface area contributed by atoms with E-state index in [2.05, 4.69) is 53.9 Å². The van der Waals surface area contributed by atoms with Crippen molar-refractivity contribution < 1.29 is 9.53 Å². The zero-order chi connectivity index (χ0) is 18.6. The first-order valence-corrected chi connectivity index (χ1v) is 10.8. The molecule has 3 heterocycles. The number of rotatable bonds is 5. The second-order valence-electron chi connectivity index (χ2n) is 5.79. The van der Waals surface area contributed by atoms with E-state index in [1.54, 1.807) is 34.8 Å². The summed E-state index contributed by atoms with van der Waals surface area (Å²) < 4.78 is 4.72. The maximum atomic E-state index is 11.5. The number of carbonyl (C=O) groups excluding carboxylic acids is 1. The summed E-state index contributed by atoms with van der Waals surface area (Å²) in [6, 6.07) is 20.4. The van der Waals surface area contributed by atoms with Gasteiger partial charge < -0.3 is 4.74 Å². The van der Waals surface area contributed by atoms with Gasteiger partial charge in [0.05, 0.1) is 12.7 Å². The molecule has 134 valence electrons. The highest BCUT2D eigenvalue weighted by atomic mass is 32.1. The van der Waals surface area contributed by atoms with Gasteiger partial charge >= 0.3 is 5.97 Å². The SMILES string of the molecule is COC(=O)c1ccc(/C=C/c2ccc(-c3ccc(-c4cccs4)s3)s2)cc1. The molecule has 0 saturated heterocycles. The summed E-state index contributed by atoms with van der Waals surface area (Å²) in [5, 5.41) is 2.11. The molecule has 4 rings (SSSR count). The normalized spacial score (nSPS) is 11.1. The van der Waals surface area contributed by atoms with Crippen LogP contribution in [-0.4, -0.2) is 13.1 Å². The van der Waals surface area contributed by atoms with E-state index >= 15 is 0 Å². The van der Waals surface area contributed by atoms with Gasteiger partial charge in [0.25, 0.3) is 0 Å². The number of hydrogen-bond acceptors (Lipinski definition) is 5. The molecule has 0 aliphatic carbocycles. The Morgan fingerprint density at radius 1 is 0.815 bits per heavy atom. The molecule has 0 saturated carbocycles. The Kier molecular flexibility index (Phi) is 5.34. The van der Waals surface area contributed by atoms with Crippen molar-refractivity contribution in [3.8, 4) is 19.5 Å². The number of benzene rings is 1. The van der Waals surface area contributed by atoms with Gasteiger partial charge in [-0.2, -0.15) is 0 Å². The lowest BCUT2D eigenvalue weighted by Gasteiger charge is -1.99. The molecule has 0 atom stereocenters. The van der Waals surface area contributed by atoms with Crippen LogP contribution in [0.5, 0.6) is 0 Å². The second-order valence-corrected chi connectivity index (χ2v) is 8.94. The molecule has 1 aromatic carbocycles. The summed E-state index contributed by atoms with van der Waals surface area (Å²) in [6.07, 6.45) is 4.16. The molecule has 27 heavy (non-hydrogen) atoms. The van der Waals surface area contributed by atoms with E-state index in [-0.39, 0.29) is 5.97 Å². The van der Waals surface area contributed by atoms with Crippen LogP contribution in [0, 0.1) is 0 Å². The van der Waals surface area contributed by atoms with E-state index in [1.807, 2.05) is 23.5 Å². The fourth-order valence-corrected chi connectivity index (χ4v) is 5.46. The van der Waals surface area contributed by atoms with E-state index in [0.717, 1.165) is 5.56 Å². The van der Waals surface area contributed by atoms with Crippen LogP contribution >= 0.6 is 34.0 Å². The first-order valence-electron chi connectivity index (χ1n) is 8.33. The standard InChI is InChI=1S/C22H16O2S3/c1-24-22(23)16-7-4-15(5-8-16)6-9-17-10-11-20(26-17)21-13-12-19(27-21)18-3-2-14-25-18/h2-14H,1H3/b9-6+. The number of methoxy groups -OCH3 is 1. The van der Waals surface area contributed by atoms with E-state index in [1.165, 1.54) is 31.5 Å². The van der Waals surface area contributed by atoms with Gasteiger partial charge in [0.2, 0.25) is 0 Å². The van der Waals surface area contributed by atoms with Crippen LogP contribution in [0.4, 0.5) is 0 Å². The smallest absolute Gasteiger partial charge is 0.337 e. The zero-order valence-corrected chi connectivity index (χ0v) is 17.0. The molecular formula is C22H16O2S3. The molecular weight excluding hydrogens is 392 g/mol. The van der Waals surface area contributed by atoms with Gasteiger partial charge in [-0.25, -0.2) is 4.79 Å². The zero-order valence-electron chi connectivity index (χ0n) is 14.5. The Hall–Kier alpha value is -2.47. The van der Waals surface area contributed by atoms with Crippen molar-refractivity contribution in [1.29, 1.82) is 0 Å². The number of esters is 1. The van der Waals surface area contributed by atoms with Gasteiger partial charge in [0, 0.05) is 24.4 Å². The third kappa shape index (κ3) is 4.11. The van der Waals surface area contributed by atoms with E-state index in [9.17, 15) is 4.79 Å². The van der Waals surface area contributed by atoms with Crippen molar-refractivity contribution in [2.75, 3.05) is 7.11 Å². The molecule has 0 bridgehead atoms. The van der Waals surface area contributed by atoms with Gasteiger partial charge in [-0.3, -0.25) is 0 Å². The van der Waals surface area contributed by atoms with E-state index in [0.29, 0.717) is 5.56 Å². The lowest BCUT2D eigenvalue weighted by molar-refractivity contribution is 0.0600. The van der Waals surface area contributed by atoms with Gasteiger partial charge in [0.1, 0.15) is 0 Å². The Balaban J connectivity index is 1.48. The van der Waals surface area contributed by atoms with Crippen molar-refractivity contribution in [1.82, 2.24) is 0 Å². The highest BCUT2D eigenvalue weighted by Gasteiger charge is 2.08. The Labute approximate surface area is 170 Å². The number of hydrogen-bond donors (Lipinski definition) is 0. The molecule has 0 aliphatic rings. The summed E-state index contributed by atoms with van der Waals surface area (Å²) in [5.74, 6) is -0.314. The van der Waals surface area contributed by atoms with Crippen molar-refractivity contribution in [2.24, 2.45) is 0 Å². The largest absolute Gasteiger partial charge is 0.465 e. The quantitative estimate of drug-likeness (QED) is 0.327. The van der Waals surface area contributed by atoms with Gasteiger partial charge in [-0.05, 0) is 59.5 Å². The number of carbonyl (C=O) groups is 1. The first kappa shape index (κ1) is 17.9. The van der Waals surface area contributed by atoms with Gasteiger partial charge in [-0.15, -0.1) is 34.0 Å². The topological polar surface area (TPSA) is 26.3 Å². The van der Waals surface area contributed by atoms with Crippen LogP contribution in [0.2, 0.25) is 0 Å². The minimum atomic E-state index is -0.314. The number of ether oxygens (including phenoxy) is 1. The molecule has 0 aliphatic heterocycles. The Bertz CT molecular complexity index is 1070. The first-order chi connectivity index (χ1) is 13.2. The van der Waals surface area contributed by atoms with Gasteiger partial charge in [0.15, 0.2) is 0 Å². The minimum absolute atomic E-state index is 0.314. The van der Waals surface area contributed by atoms with Crippen LogP contribution in [0.3, 0.4) is 0 Å². The summed E-state index contributed by atoms with van der Waals surface area (Å²) in [6.45, 7) is 0. The molecule has 2 nitrogen and oxygen atoms in total. The van der Waals surface area contributed by atoms with Crippen LogP contribution in [-0.2, 0) is 4.74 Å². The Morgan fingerprint density at radius 3 is 2.22 bits per heavy atom. The molecule has 0 spiro atoms. The molecule has 0 fully saturated rings. The van der Waals surface area contributed by atoms with Crippen molar-refractivity contribution in [3.63, 3.8) is 0 Å². The summed E-state index contributed by atoms with van der Waals surface area (Å²) in [4.78, 5) is 17.9. The van der Waals surface area contributed by atoms with E-state index in [4.69, 9.17) is 4.74 Å². The fourth-order valence-electron chi connectivity index (χ4n) is 2.62. The molecule has 0 unspecified atom stereocenters. The number of thiophene rings is 3. The highest BCUT2D eigenvalue weighted by Crippen LogP contribution is 2.39. The summed E-state index contributed by atoms with van der Waals surface area (Å²) in [7, 11) is 1.39. The molecule has 5 heteroatoms. The lowest BCUT2D eigenvalue weighted by atomic mass is 10.1. The molecule has 4 aromatic rings. The third-order valence-electron chi connectivity index (χ3n) is 4.01. The molecule has 3 aromatic heterocycles. The average Bonchev–Trinajstić information content (AvgIpc) is 3.46. The van der Waals surface area contributed by atoms with Crippen LogP contribution in [0.1, 0.15) is 20.8 Å². The third-order valence-corrected chi connectivity index (χ3v) is 7.41. The Morgan fingerprint density at radius 2 is 1.52 bits per heavy atom. The van der Waals surface area contributed by atoms with Crippen molar-refractivity contribution >= 4 is 52.1 Å². The predicted octanol–water partition coefficient (Wildman–Crippen LogP) is 7.16. The fraction of sp³-hybridized carbons (Fsp3) is 0.0455. The van der Waals surface area contributed by atoms with Crippen molar-refractivity contribution in [2.45, 2.75) is 0 Å². The molecule has 0 radical (unpaired) electrons. The minimum Gasteiger partial charge on any atom is -0.465 e. The van der Waals surface area contributed by atoms with E-state index < -0.39 is 0 Å². The predicted molar refractivity (Wildman–Crippen MR) is 118 cm³/mol. The van der Waals surface area contributed by atoms with Crippen LogP contribution in [0.15, 0.2) is 66.0 Å².